The molecule has 0 aliphatic heterocycles. The fraction of sp³-hybridized carbons (Fsp3) is 0.143. The smallest absolute Gasteiger partial charge is 0.365 e. The van der Waals surface area contributed by atoms with Crippen LogP contribution in [0.5, 0.6) is 0 Å². The van der Waals surface area contributed by atoms with Gasteiger partial charge in [-0.2, -0.15) is 13.2 Å². The summed E-state index contributed by atoms with van der Waals surface area (Å²) in [6, 6.07) is 6.96. The summed E-state index contributed by atoms with van der Waals surface area (Å²) in [6.45, 7) is 0.186. The van der Waals surface area contributed by atoms with Gasteiger partial charge in [-0.3, -0.25) is 10.1 Å². The molecule has 0 aliphatic carbocycles. The van der Waals surface area contributed by atoms with Crippen LogP contribution in [0.25, 0.3) is 10.2 Å². The minimum atomic E-state index is -4.44. The molecule has 3 aromatic rings. The summed E-state index contributed by atoms with van der Waals surface area (Å²) in [5.74, 6) is 0.248. The number of fused-ring (bicyclic) bond motifs is 1. The minimum absolute atomic E-state index is 0.0583. The van der Waals surface area contributed by atoms with Crippen molar-refractivity contribution < 1.29 is 18.1 Å². The minimum Gasteiger partial charge on any atom is -0.365 e. The molecule has 2 heterocycles. The van der Waals surface area contributed by atoms with Crippen LogP contribution in [0.3, 0.4) is 0 Å². The summed E-state index contributed by atoms with van der Waals surface area (Å²) in [7, 11) is 0. The van der Waals surface area contributed by atoms with Crippen molar-refractivity contribution in [3.8, 4) is 0 Å². The lowest BCUT2D eigenvalue weighted by Crippen LogP contribution is -2.03. The Bertz CT molecular complexity index is 910. The summed E-state index contributed by atoms with van der Waals surface area (Å²) in [4.78, 5) is 17.5. The summed E-state index contributed by atoms with van der Waals surface area (Å²) in [6.07, 6.45) is -3.27. The molecule has 0 aliphatic rings. The zero-order valence-electron chi connectivity index (χ0n) is 11.9. The lowest BCUT2D eigenvalue weighted by molar-refractivity contribution is -0.384. The van der Waals surface area contributed by atoms with Crippen LogP contribution in [0.2, 0.25) is 0 Å². The van der Waals surface area contributed by atoms with E-state index in [0.717, 1.165) is 6.07 Å². The van der Waals surface area contributed by atoms with E-state index in [0.29, 0.717) is 16.9 Å². The Balaban J connectivity index is 1.86. The van der Waals surface area contributed by atoms with E-state index in [4.69, 9.17) is 0 Å². The average molecular weight is 354 g/mol. The summed E-state index contributed by atoms with van der Waals surface area (Å²) in [5, 5.41) is 13.9. The van der Waals surface area contributed by atoms with Gasteiger partial charge in [-0.25, -0.2) is 9.97 Å². The number of thiophene rings is 1. The molecule has 0 saturated heterocycles. The van der Waals surface area contributed by atoms with E-state index in [-0.39, 0.29) is 28.3 Å². The highest BCUT2D eigenvalue weighted by atomic mass is 32.1. The fourth-order valence-electron chi connectivity index (χ4n) is 2.10. The lowest BCUT2D eigenvalue weighted by Gasteiger charge is -2.06. The molecule has 2 aromatic heterocycles. The molecule has 0 radical (unpaired) electrons. The highest BCUT2D eigenvalue weighted by molar-refractivity contribution is 7.18. The van der Waals surface area contributed by atoms with Gasteiger partial charge in [0.05, 0.1) is 10.3 Å². The summed E-state index contributed by atoms with van der Waals surface area (Å²) >= 11 is 0.541. The second-order valence-corrected chi connectivity index (χ2v) is 5.86. The first-order valence-electron chi connectivity index (χ1n) is 6.63. The number of halogens is 3. The zero-order valence-corrected chi connectivity index (χ0v) is 12.7. The van der Waals surface area contributed by atoms with Gasteiger partial charge in [-0.15, -0.1) is 11.3 Å². The quantitative estimate of drug-likeness (QED) is 0.560. The number of aromatic nitrogens is 2. The number of nitro benzene ring substituents is 1. The second kappa shape index (κ2) is 6.04. The summed E-state index contributed by atoms with van der Waals surface area (Å²) < 4.78 is 38.4. The highest BCUT2D eigenvalue weighted by Gasteiger charge is 2.33. The zero-order chi connectivity index (χ0) is 17.3. The predicted octanol–water partition coefficient (Wildman–Crippen LogP) is 4.23. The molecule has 0 unspecified atom stereocenters. The molecule has 0 saturated carbocycles. The molecule has 24 heavy (non-hydrogen) atoms. The van der Waals surface area contributed by atoms with E-state index in [1.807, 2.05) is 0 Å². The number of non-ortho nitro benzene ring substituents is 1. The Hall–Kier alpha value is -2.75. The highest BCUT2D eigenvalue weighted by Crippen LogP contribution is 2.38. The maximum absolute atomic E-state index is 12.8. The van der Waals surface area contributed by atoms with Crippen LogP contribution in [0.1, 0.15) is 10.4 Å². The topological polar surface area (TPSA) is 81.0 Å². The lowest BCUT2D eigenvalue weighted by atomic mass is 10.2. The summed E-state index contributed by atoms with van der Waals surface area (Å²) in [5.41, 5.74) is 0.555. The first-order chi connectivity index (χ1) is 11.3. The molecular formula is C14H9F3N4O2S. The molecule has 6 nitrogen and oxygen atoms in total. The fourth-order valence-corrected chi connectivity index (χ4v) is 2.97. The molecule has 0 atom stereocenters. The number of nitrogens with zero attached hydrogens (tertiary/aromatic N) is 3. The van der Waals surface area contributed by atoms with Crippen molar-refractivity contribution in [3.63, 3.8) is 0 Å². The Morgan fingerprint density at radius 1 is 1.25 bits per heavy atom. The van der Waals surface area contributed by atoms with Crippen molar-refractivity contribution in [2.75, 3.05) is 5.32 Å². The normalized spacial score (nSPS) is 11.6. The third-order valence-electron chi connectivity index (χ3n) is 3.19. The molecule has 0 bridgehead atoms. The number of hydrogen-bond acceptors (Lipinski definition) is 6. The Morgan fingerprint density at radius 3 is 2.75 bits per heavy atom. The number of benzene rings is 1. The molecule has 1 N–H and O–H groups in total. The molecule has 124 valence electrons. The van der Waals surface area contributed by atoms with Crippen LogP contribution in [0.15, 0.2) is 36.7 Å². The largest absolute Gasteiger partial charge is 0.425 e. The third kappa shape index (κ3) is 3.27. The van der Waals surface area contributed by atoms with Crippen molar-refractivity contribution in [1.29, 1.82) is 0 Å². The number of anilines is 1. The van der Waals surface area contributed by atoms with Gasteiger partial charge in [-0.1, -0.05) is 12.1 Å². The van der Waals surface area contributed by atoms with Crippen LogP contribution in [0, 0.1) is 10.1 Å². The van der Waals surface area contributed by atoms with Crippen molar-refractivity contribution in [3.05, 3.63) is 57.2 Å². The first-order valence-corrected chi connectivity index (χ1v) is 7.45. The molecule has 1 aromatic carbocycles. The van der Waals surface area contributed by atoms with Gasteiger partial charge in [-0.05, 0) is 11.6 Å². The van der Waals surface area contributed by atoms with Crippen LogP contribution in [-0.2, 0) is 12.7 Å². The maximum Gasteiger partial charge on any atom is 0.425 e. The predicted molar refractivity (Wildman–Crippen MR) is 82.8 cm³/mol. The van der Waals surface area contributed by atoms with Gasteiger partial charge in [0.15, 0.2) is 0 Å². The van der Waals surface area contributed by atoms with Crippen molar-refractivity contribution in [2.45, 2.75) is 12.7 Å². The van der Waals surface area contributed by atoms with Gasteiger partial charge in [0.2, 0.25) is 0 Å². The Kier molecular flexibility index (Phi) is 4.06. The SMILES string of the molecule is O=[N+]([O-])c1cccc(CNc2ncnc3sc(C(F)(F)F)cc23)c1. The van der Waals surface area contributed by atoms with Crippen LogP contribution < -0.4 is 5.32 Å². The van der Waals surface area contributed by atoms with Crippen LogP contribution in [0.4, 0.5) is 24.7 Å². The molecular weight excluding hydrogens is 345 g/mol. The van der Waals surface area contributed by atoms with Gasteiger partial charge in [0.1, 0.15) is 21.9 Å². The number of rotatable bonds is 4. The number of nitro groups is 1. The van der Waals surface area contributed by atoms with Gasteiger partial charge in [0, 0.05) is 18.7 Å². The molecule has 0 amide bonds. The monoisotopic (exact) mass is 354 g/mol. The number of hydrogen-bond donors (Lipinski definition) is 1. The first kappa shape index (κ1) is 16.1. The average Bonchev–Trinajstić information content (AvgIpc) is 2.98. The molecule has 10 heteroatoms. The Labute approximate surface area is 137 Å². The molecule has 0 fully saturated rings. The van der Waals surface area contributed by atoms with Crippen molar-refractivity contribution >= 4 is 33.1 Å². The van der Waals surface area contributed by atoms with Gasteiger partial charge < -0.3 is 5.32 Å². The number of nitrogens with one attached hydrogen (secondary N) is 1. The van der Waals surface area contributed by atoms with E-state index < -0.39 is 16.0 Å². The standard InChI is InChI=1S/C14H9F3N4O2S/c15-14(16,17)11-5-10-12(19-7-20-13(10)24-11)18-6-8-2-1-3-9(4-8)21(22)23/h1-5,7H,6H2,(H,18,19,20). The third-order valence-corrected chi connectivity index (χ3v) is 4.28. The van der Waals surface area contributed by atoms with E-state index in [1.54, 1.807) is 6.07 Å². The van der Waals surface area contributed by atoms with Crippen molar-refractivity contribution in [1.82, 2.24) is 9.97 Å². The van der Waals surface area contributed by atoms with E-state index in [1.165, 1.54) is 24.5 Å². The van der Waals surface area contributed by atoms with E-state index in [9.17, 15) is 23.3 Å². The molecule has 3 rings (SSSR count). The van der Waals surface area contributed by atoms with Crippen LogP contribution >= 0.6 is 11.3 Å². The van der Waals surface area contributed by atoms with Crippen LogP contribution in [-0.4, -0.2) is 14.9 Å². The van der Waals surface area contributed by atoms with E-state index in [2.05, 4.69) is 15.3 Å². The second-order valence-electron chi connectivity index (χ2n) is 4.83. The number of alkyl halides is 3. The Morgan fingerprint density at radius 2 is 2.04 bits per heavy atom. The molecule has 0 spiro atoms. The van der Waals surface area contributed by atoms with Gasteiger partial charge >= 0.3 is 6.18 Å². The van der Waals surface area contributed by atoms with E-state index >= 15 is 0 Å². The van der Waals surface area contributed by atoms with Gasteiger partial charge in [0.25, 0.3) is 5.69 Å². The maximum atomic E-state index is 12.8. The van der Waals surface area contributed by atoms with Crippen molar-refractivity contribution in [2.24, 2.45) is 0 Å².